The third-order valence-electron chi connectivity index (χ3n) is 6.07. The first-order valence-electron chi connectivity index (χ1n) is 10.8. The van der Waals surface area contributed by atoms with Crippen LogP contribution in [0, 0.1) is 5.92 Å². The van der Waals surface area contributed by atoms with Gasteiger partial charge < -0.3 is 20.5 Å². The highest BCUT2D eigenvalue weighted by molar-refractivity contribution is 5.85. The molecule has 2 aromatic rings. The Hall–Kier alpha value is -3.61. The summed E-state index contributed by atoms with van der Waals surface area (Å²) in [6, 6.07) is 15.0. The number of allylic oxidation sites excluding steroid dienone is 1. The standard InChI is InChI=1S/C25H26N2O5/c1-15(24(29)30)26-23(28)16-7-6-8-17(13-16)27-25(31)32-14-22-20-11-4-2-9-18(20)19-10-3-5-12-21(19)22/h2-6,8-12,15-17,22H,7,13-14H2,1H3,(H,26,28)(H,27,31)(H,29,30)/t15-,16-,17-/m1/s1. The van der Waals surface area contributed by atoms with Gasteiger partial charge in [0, 0.05) is 11.8 Å². The van der Waals surface area contributed by atoms with Crippen molar-refractivity contribution in [3.8, 4) is 11.1 Å². The minimum atomic E-state index is -1.09. The zero-order valence-electron chi connectivity index (χ0n) is 17.8. The molecule has 2 aliphatic rings. The van der Waals surface area contributed by atoms with Gasteiger partial charge >= 0.3 is 12.1 Å². The molecule has 0 unspecified atom stereocenters. The summed E-state index contributed by atoms with van der Waals surface area (Å²) < 4.78 is 5.57. The molecule has 0 spiro atoms. The summed E-state index contributed by atoms with van der Waals surface area (Å²) in [6.07, 6.45) is 4.01. The van der Waals surface area contributed by atoms with Crippen LogP contribution in [0.15, 0.2) is 60.7 Å². The van der Waals surface area contributed by atoms with Crippen molar-refractivity contribution in [2.24, 2.45) is 5.92 Å². The van der Waals surface area contributed by atoms with Gasteiger partial charge in [-0.25, -0.2) is 4.79 Å². The Morgan fingerprint density at radius 3 is 2.31 bits per heavy atom. The fraction of sp³-hybridized carbons (Fsp3) is 0.320. The summed E-state index contributed by atoms with van der Waals surface area (Å²) in [4.78, 5) is 35.8. The number of ether oxygens (including phenoxy) is 1. The van der Waals surface area contributed by atoms with Gasteiger partial charge in [0.1, 0.15) is 12.6 Å². The lowest BCUT2D eigenvalue weighted by Gasteiger charge is -2.25. The maximum Gasteiger partial charge on any atom is 0.407 e. The number of nitrogens with one attached hydrogen (secondary N) is 2. The molecule has 0 saturated carbocycles. The molecule has 0 fully saturated rings. The summed E-state index contributed by atoms with van der Waals surface area (Å²) in [5.74, 6) is -1.84. The molecule has 7 nitrogen and oxygen atoms in total. The number of carbonyl (C=O) groups excluding carboxylic acids is 2. The molecule has 2 aliphatic carbocycles. The highest BCUT2D eigenvalue weighted by Crippen LogP contribution is 2.44. The Labute approximate surface area is 186 Å². The molecule has 7 heteroatoms. The number of hydrogen-bond acceptors (Lipinski definition) is 4. The number of rotatable bonds is 6. The normalized spacial score (nSPS) is 20.0. The number of alkyl carbamates (subject to hydrolysis) is 1. The fourth-order valence-electron chi connectivity index (χ4n) is 4.39. The zero-order chi connectivity index (χ0) is 22.7. The van der Waals surface area contributed by atoms with Crippen LogP contribution in [0.25, 0.3) is 11.1 Å². The van der Waals surface area contributed by atoms with E-state index >= 15 is 0 Å². The van der Waals surface area contributed by atoms with Gasteiger partial charge in [0.15, 0.2) is 0 Å². The van der Waals surface area contributed by atoms with Crippen LogP contribution in [-0.4, -0.2) is 41.8 Å². The first-order chi connectivity index (χ1) is 15.4. The summed E-state index contributed by atoms with van der Waals surface area (Å²) >= 11 is 0. The lowest BCUT2D eigenvalue weighted by atomic mass is 9.90. The first kappa shape index (κ1) is 21.6. The molecule has 0 saturated heterocycles. The maximum atomic E-state index is 12.5. The quantitative estimate of drug-likeness (QED) is 0.604. The van der Waals surface area contributed by atoms with Crippen LogP contribution in [0.3, 0.4) is 0 Å². The van der Waals surface area contributed by atoms with Gasteiger partial charge in [-0.15, -0.1) is 0 Å². The molecular formula is C25H26N2O5. The molecule has 166 valence electrons. The third kappa shape index (κ3) is 4.51. The lowest BCUT2D eigenvalue weighted by molar-refractivity contribution is -0.142. The molecule has 2 aromatic carbocycles. The van der Waals surface area contributed by atoms with Crippen LogP contribution in [0.5, 0.6) is 0 Å². The van der Waals surface area contributed by atoms with Crippen LogP contribution in [-0.2, 0) is 14.3 Å². The molecule has 2 amide bonds. The summed E-state index contributed by atoms with van der Waals surface area (Å²) in [5, 5.41) is 14.3. The largest absolute Gasteiger partial charge is 0.480 e. The van der Waals surface area contributed by atoms with Crippen LogP contribution in [0.1, 0.15) is 36.8 Å². The van der Waals surface area contributed by atoms with Crippen molar-refractivity contribution >= 4 is 18.0 Å². The number of amides is 2. The van der Waals surface area contributed by atoms with Gasteiger partial charge in [-0.05, 0) is 42.0 Å². The van der Waals surface area contributed by atoms with Crippen molar-refractivity contribution in [2.45, 2.75) is 37.8 Å². The predicted octanol–water partition coefficient (Wildman–Crippen LogP) is 3.45. The minimum Gasteiger partial charge on any atom is -0.480 e. The van der Waals surface area contributed by atoms with Gasteiger partial charge in [-0.3, -0.25) is 9.59 Å². The zero-order valence-corrected chi connectivity index (χ0v) is 17.8. The second-order valence-electron chi connectivity index (χ2n) is 8.24. The van der Waals surface area contributed by atoms with Crippen molar-refractivity contribution in [1.29, 1.82) is 0 Å². The van der Waals surface area contributed by atoms with E-state index in [0.717, 1.165) is 22.3 Å². The van der Waals surface area contributed by atoms with E-state index in [9.17, 15) is 14.4 Å². The summed E-state index contributed by atoms with van der Waals surface area (Å²) in [7, 11) is 0. The molecule has 0 radical (unpaired) electrons. The van der Waals surface area contributed by atoms with E-state index in [2.05, 4.69) is 34.9 Å². The highest BCUT2D eigenvalue weighted by atomic mass is 16.5. The number of carbonyl (C=O) groups is 3. The number of fused-ring (bicyclic) bond motifs is 3. The van der Waals surface area contributed by atoms with Gasteiger partial charge in [0.25, 0.3) is 0 Å². The number of aliphatic carboxylic acids is 1. The van der Waals surface area contributed by atoms with Crippen LogP contribution in [0.4, 0.5) is 4.79 Å². The average Bonchev–Trinajstić information content (AvgIpc) is 3.11. The van der Waals surface area contributed by atoms with Crippen LogP contribution >= 0.6 is 0 Å². The molecule has 0 heterocycles. The van der Waals surface area contributed by atoms with E-state index in [1.165, 1.54) is 6.92 Å². The maximum absolute atomic E-state index is 12.5. The van der Waals surface area contributed by atoms with E-state index in [1.807, 2.05) is 36.4 Å². The minimum absolute atomic E-state index is 0.0221. The smallest absolute Gasteiger partial charge is 0.407 e. The van der Waals surface area contributed by atoms with Crippen molar-refractivity contribution < 1.29 is 24.2 Å². The SMILES string of the molecule is C[C@@H](NC(=O)[C@@H]1CC=C[C@@H](NC(=O)OCC2c3ccccc3-c3ccccc32)C1)C(=O)O. The molecular weight excluding hydrogens is 408 g/mol. The molecule has 3 N–H and O–H groups in total. The first-order valence-corrected chi connectivity index (χ1v) is 10.8. The summed E-state index contributed by atoms with van der Waals surface area (Å²) in [6.45, 7) is 1.64. The average molecular weight is 434 g/mol. The van der Waals surface area contributed by atoms with E-state index in [4.69, 9.17) is 9.84 Å². The van der Waals surface area contributed by atoms with Crippen LogP contribution < -0.4 is 10.6 Å². The van der Waals surface area contributed by atoms with Crippen molar-refractivity contribution in [3.63, 3.8) is 0 Å². The molecule has 32 heavy (non-hydrogen) atoms. The van der Waals surface area contributed by atoms with Gasteiger partial charge in [-0.1, -0.05) is 60.7 Å². The second-order valence-corrected chi connectivity index (χ2v) is 8.24. The topological polar surface area (TPSA) is 105 Å². The number of hydrogen-bond donors (Lipinski definition) is 3. The van der Waals surface area contributed by atoms with Gasteiger partial charge in [0.05, 0.1) is 6.04 Å². The van der Waals surface area contributed by atoms with E-state index in [-0.39, 0.29) is 24.5 Å². The Morgan fingerprint density at radius 2 is 1.69 bits per heavy atom. The monoisotopic (exact) mass is 434 g/mol. The highest BCUT2D eigenvalue weighted by Gasteiger charge is 2.30. The Bertz CT molecular complexity index is 1020. The van der Waals surface area contributed by atoms with E-state index < -0.39 is 24.0 Å². The summed E-state index contributed by atoms with van der Waals surface area (Å²) in [5.41, 5.74) is 4.61. The van der Waals surface area contributed by atoms with E-state index in [0.29, 0.717) is 12.8 Å². The van der Waals surface area contributed by atoms with Crippen molar-refractivity contribution in [2.75, 3.05) is 6.61 Å². The van der Waals surface area contributed by atoms with Gasteiger partial charge in [-0.2, -0.15) is 0 Å². The molecule has 0 bridgehead atoms. The fourth-order valence-corrected chi connectivity index (χ4v) is 4.39. The Morgan fingerprint density at radius 1 is 1.06 bits per heavy atom. The van der Waals surface area contributed by atoms with Crippen LogP contribution in [0.2, 0.25) is 0 Å². The van der Waals surface area contributed by atoms with E-state index in [1.54, 1.807) is 0 Å². The van der Waals surface area contributed by atoms with Gasteiger partial charge in [0.2, 0.25) is 5.91 Å². The second kappa shape index (κ2) is 9.26. The lowest BCUT2D eigenvalue weighted by Crippen LogP contribution is -2.45. The Kier molecular flexibility index (Phi) is 6.25. The molecule has 0 aliphatic heterocycles. The number of carboxylic acid groups (broad SMARTS) is 1. The molecule has 0 aromatic heterocycles. The number of benzene rings is 2. The molecule has 4 rings (SSSR count). The van der Waals surface area contributed by atoms with Crippen molar-refractivity contribution in [3.05, 3.63) is 71.8 Å². The predicted molar refractivity (Wildman–Crippen MR) is 119 cm³/mol. The van der Waals surface area contributed by atoms with Crippen molar-refractivity contribution in [1.82, 2.24) is 10.6 Å². The third-order valence-corrected chi connectivity index (χ3v) is 6.07. The molecule has 3 atom stereocenters. The Balaban J connectivity index is 1.34. The number of carboxylic acids is 1.